The summed E-state index contributed by atoms with van der Waals surface area (Å²) in [5.41, 5.74) is 4.05. The van der Waals surface area contributed by atoms with Crippen molar-refractivity contribution in [1.29, 1.82) is 0 Å². The number of benzene rings is 2. The molecule has 1 amide bonds. The van der Waals surface area contributed by atoms with Gasteiger partial charge in [-0.2, -0.15) is 0 Å². The van der Waals surface area contributed by atoms with E-state index in [4.69, 9.17) is 9.72 Å². The van der Waals surface area contributed by atoms with Crippen molar-refractivity contribution in [3.63, 3.8) is 0 Å². The molecule has 0 saturated heterocycles. The van der Waals surface area contributed by atoms with Crippen LogP contribution in [0.3, 0.4) is 0 Å². The van der Waals surface area contributed by atoms with E-state index in [2.05, 4.69) is 59.0 Å². The molecule has 0 bridgehead atoms. The first-order valence-corrected chi connectivity index (χ1v) is 12.0. The summed E-state index contributed by atoms with van der Waals surface area (Å²) in [5.74, 6) is 2.34. The van der Waals surface area contributed by atoms with Crippen molar-refractivity contribution in [3.05, 3.63) is 90.0 Å². The van der Waals surface area contributed by atoms with Crippen molar-refractivity contribution in [2.45, 2.75) is 45.6 Å². The topological polar surface area (TPSA) is 69.0 Å². The summed E-state index contributed by atoms with van der Waals surface area (Å²) in [5, 5.41) is 2.98. The van der Waals surface area contributed by atoms with E-state index >= 15 is 0 Å². The highest BCUT2D eigenvalue weighted by Gasteiger charge is 2.11. The number of pyridine rings is 1. The Labute approximate surface area is 201 Å². The Balaban J connectivity index is 1.30. The highest BCUT2D eigenvalue weighted by Crippen LogP contribution is 2.20. The van der Waals surface area contributed by atoms with Crippen LogP contribution in [0.5, 0.6) is 5.75 Å². The van der Waals surface area contributed by atoms with Crippen LogP contribution < -0.4 is 10.1 Å². The molecule has 0 atom stereocenters. The van der Waals surface area contributed by atoms with E-state index in [0.717, 1.165) is 42.0 Å². The summed E-state index contributed by atoms with van der Waals surface area (Å²) in [7, 11) is 0. The molecular formula is C28H32N4O2. The van der Waals surface area contributed by atoms with Crippen LogP contribution in [0, 0.1) is 0 Å². The number of aryl methyl sites for hydroxylation is 1. The molecule has 176 valence electrons. The zero-order valence-electron chi connectivity index (χ0n) is 19.9. The molecule has 2 heterocycles. The van der Waals surface area contributed by atoms with Gasteiger partial charge in [0, 0.05) is 37.5 Å². The molecule has 0 aliphatic rings. The smallest absolute Gasteiger partial charge is 0.251 e. The number of unbranched alkanes of at least 4 members (excludes halogenated alkanes) is 1. The van der Waals surface area contributed by atoms with E-state index in [1.54, 1.807) is 24.5 Å². The number of amides is 1. The van der Waals surface area contributed by atoms with Gasteiger partial charge in [-0.3, -0.25) is 9.78 Å². The standard InChI is InChI=1S/C28H32N4O2/c1-21(2)22-9-11-24(12-10-22)34-20-6-5-19-32-26-8-4-3-7-25(26)31-27(32)15-18-30-28(33)23-13-16-29-17-14-23/h3-4,7-14,16-17,21H,5-6,15,18-20H2,1-2H3,(H,30,33). The Hall–Kier alpha value is -3.67. The van der Waals surface area contributed by atoms with Crippen LogP contribution in [0.15, 0.2) is 73.1 Å². The van der Waals surface area contributed by atoms with Gasteiger partial charge in [0.2, 0.25) is 0 Å². The lowest BCUT2D eigenvalue weighted by Gasteiger charge is -2.11. The molecule has 0 aliphatic heterocycles. The second kappa shape index (κ2) is 11.5. The average Bonchev–Trinajstić information content (AvgIpc) is 3.22. The molecule has 0 aliphatic carbocycles. The molecule has 1 N–H and O–H groups in total. The molecule has 0 fully saturated rings. The molecule has 6 heteroatoms. The van der Waals surface area contributed by atoms with E-state index in [1.807, 2.05) is 18.2 Å². The van der Waals surface area contributed by atoms with Crippen LogP contribution in [-0.4, -0.2) is 33.6 Å². The molecule has 0 saturated carbocycles. The minimum absolute atomic E-state index is 0.0939. The predicted octanol–water partition coefficient (Wildman–Crippen LogP) is 5.39. The Morgan fingerprint density at radius 2 is 1.76 bits per heavy atom. The Morgan fingerprint density at radius 3 is 2.53 bits per heavy atom. The van der Waals surface area contributed by atoms with Crippen LogP contribution in [0.2, 0.25) is 0 Å². The first kappa shape index (κ1) is 23.5. The number of ether oxygens (including phenoxy) is 1. The zero-order chi connectivity index (χ0) is 23.8. The zero-order valence-corrected chi connectivity index (χ0v) is 19.9. The van der Waals surface area contributed by atoms with Gasteiger partial charge in [-0.15, -0.1) is 0 Å². The molecule has 34 heavy (non-hydrogen) atoms. The third kappa shape index (κ3) is 6.01. The van der Waals surface area contributed by atoms with Gasteiger partial charge in [-0.1, -0.05) is 38.1 Å². The molecular weight excluding hydrogens is 424 g/mol. The summed E-state index contributed by atoms with van der Waals surface area (Å²) in [6.07, 6.45) is 5.86. The molecule has 2 aromatic heterocycles. The lowest BCUT2D eigenvalue weighted by atomic mass is 10.0. The maximum Gasteiger partial charge on any atom is 0.251 e. The van der Waals surface area contributed by atoms with Crippen molar-refractivity contribution >= 4 is 16.9 Å². The summed E-state index contributed by atoms with van der Waals surface area (Å²) in [6.45, 7) is 6.46. The molecule has 6 nitrogen and oxygen atoms in total. The fourth-order valence-corrected chi connectivity index (χ4v) is 3.97. The predicted molar refractivity (Wildman–Crippen MR) is 135 cm³/mol. The van der Waals surface area contributed by atoms with Crippen LogP contribution in [-0.2, 0) is 13.0 Å². The maximum atomic E-state index is 12.3. The number of fused-ring (bicyclic) bond motifs is 1. The third-order valence-corrected chi connectivity index (χ3v) is 5.90. The number of aromatic nitrogens is 3. The van der Waals surface area contributed by atoms with Crippen molar-refractivity contribution in [2.24, 2.45) is 0 Å². The second-order valence-corrected chi connectivity index (χ2v) is 8.69. The average molecular weight is 457 g/mol. The van der Waals surface area contributed by atoms with E-state index < -0.39 is 0 Å². The summed E-state index contributed by atoms with van der Waals surface area (Å²) >= 11 is 0. The number of rotatable bonds is 11. The van der Waals surface area contributed by atoms with Crippen LogP contribution in [0.1, 0.15) is 54.4 Å². The van der Waals surface area contributed by atoms with Crippen molar-refractivity contribution in [2.75, 3.05) is 13.2 Å². The summed E-state index contributed by atoms with van der Waals surface area (Å²) in [4.78, 5) is 21.1. The number of nitrogens with zero attached hydrogens (tertiary/aromatic N) is 3. The Morgan fingerprint density at radius 1 is 1.00 bits per heavy atom. The van der Waals surface area contributed by atoms with E-state index in [9.17, 15) is 4.79 Å². The molecule has 4 rings (SSSR count). The normalized spacial score (nSPS) is 11.1. The Kier molecular flexibility index (Phi) is 7.91. The Bertz CT molecular complexity index is 1200. The van der Waals surface area contributed by atoms with Crippen LogP contribution >= 0.6 is 0 Å². The highest BCUT2D eigenvalue weighted by atomic mass is 16.5. The van der Waals surface area contributed by atoms with Crippen molar-refractivity contribution < 1.29 is 9.53 Å². The number of carbonyl (C=O) groups excluding carboxylic acids is 1. The van der Waals surface area contributed by atoms with Gasteiger partial charge in [0.1, 0.15) is 11.6 Å². The van der Waals surface area contributed by atoms with Crippen LogP contribution in [0.25, 0.3) is 11.0 Å². The first-order valence-electron chi connectivity index (χ1n) is 12.0. The minimum Gasteiger partial charge on any atom is -0.494 e. The molecule has 4 aromatic rings. The van der Waals surface area contributed by atoms with Gasteiger partial charge in [0.25, 0.3) is 5.91 Å². The number of nitrogens with one attached hydrogen (secondary N) is 1. The number of para-hydroxylation sites is 2. The highest BCUT2D eigenvalue weighted by molar-refractivity contribution is 5.93. The molecule has 2 aromatic carbocycles. The van der Waals surface area contributed by atoms with Crippen LogP contribution in [0.4, 0.5) is 0 Å². The van der Waals surface area contributed by atoms with Gasteiger partial charge < -0.3 is 14.6 Å². The second-order valence-electron chi connectivity index (χ2n) is 8.69. The largest absolute Gasteiger partial charge is 0.494 e. The van der Waals surface area contributed by atoms with E-state index in [0.29, 0.717) is 31.1 Å². The van der Waals surface area contributed by atoms with Gasteiger partial charge in [0.05, 0.1) is 17.6 Å². The lowest BCUT2D eigenvalue weighted by Crippen LogP contribution is -2.26. The quantitative estimate of drug-likeness (QED) is 0.307. The monoisotopic (exact) mass is 456 g/mol. The van der Waals surface area contributed by atoms with E-state index in [-0.39, 0.29) is 5.91 Å². The molecule has 0 radical (unpaired) electrons. The summed E-state index contributed by atoms with van der Waals surface area (Å²) in [6, 6.07) is 20.0. The van der Waals surface area contributed by atoms with Gasteiger partial charge in [-0.25, -0.2) is 4.98 Å². The fourth-order valence-electron chi connectivity index (χ4n) is 3.97. The first-order chi connectivity index (χ1) is 16.6. The van der Waals surface area contributed by atoms with Gasteiger partial charge in [0.15, 0.2) is 0 Å². The van der Waals surface area contributed by atoms with Gasteiger partial charge in [-0.05, 0) is 60.7 Å². The molecule has 0 unspecified atom stereocenters. The maximum absolute atomic E-state index is 12.3. The third-order valence-electron chi connectivity index (χ3n) is 5.90. The molecule has 0 spiro atoms. The lowest BCUT2D eigenvalue weighted by molar-refractivity contribution is 0.0953. The van der Waals surface area contributed by atoms with Crippen molar-refractivity contribution in [3.8, 4) is 5.75 Å². The fraction of sp³-hybridized carbons (Fsp3) is 0.321. The van der Waals surface area contributed by atoms with Gasteiger partial charge >= 0.3 is 0 Å². The van der Waals surface area contributed by atoms with Crippen molar-refractivity contribution in [1.82, 2.24) is 19.9 Å². The number of imidazole rings is 1. The summed E-state index contributed by atoms with van der Waals surface area (Å²) < 4.78 is 8.20. The SMILES string of the molecule is CC(C)c1ccc(OCCCCn2c(CCNC(=O)c3ccncc3)nc3ccccc32)cc1. The minimum atomic E-state index is -0.0939. The number of hydrogen-bond donors (Lipinski definition) is 1. The number of hydrogen-bond acceptors (Lipinski definition) is 4. The van der Waals surface area contributed by atoms with E-state index in [1.165, 1.54) is 5.56 Å². The number of carbonyl (C=O) groups is 1.